The van der Waals surface area contributed by atoms with Crippen LogP contribution in [-0.4, -0.2) is 16.8 Å². The SMILES string of the molecule is CC(=O)Nc1ccc(C(=O)Nc2nc(-c3cc(C)ccc3C)cs2)cc1. The van der Waals surface area contributed by atoms with Crippen molar-refractivity contribution < 1.29 is 9.59 Å². The second kappa shape index (κ2) is 7.49. The van der Waals surface area contributed by atoms with Gasteiger partial charge in [0.2, 0.25) is 5.91 Å². The molecule has 132 valence electrons. The second-order valence-electron chi connectivity index (χ2n) is 6.07. The van der Waals surface area contributed by atoms with Gasteiger partial charge in [-0.15, -0.1) is 11.3 Å². The van der Waals surface area contributed by atoms with Crippen molar-refractivity contribution in [2.75, 3.05) is 10.6 Å². The number of amides is 2. The molecule has 0 saturated heterocycles. The number of aromatic nitrogens is 1. The van der Waals surface area contributed by atoms with Crippen LogP contribution in [-0.2, 0) is 4.79 Å². The largest absolute Gasteiger partial charge is 0.326 e. The molecule has 0 unspecified atom stereocenters. The van der Waals surface area contributed by atoms with Crippen LogP contribution in [0.2, 0.25) is 0 Å². The van der Waals surface area contributed by atoms with Crippen molar-refractivity contribution in [3.05, 3.63) is 64.5 Å². The van der Waals surface area contributed by atoms with E-state index >= 15 is 0 Å². The molecule has 0 aliphatic carbocycles. The minimum Gasteiger partial charge on any atom is -0.326 e. The molecule has 1 aromatic heterocycles. The summed E-state index contributed by atoms with van der Waals surface area (Å²) >= 11 is 1.39. The molecule has 0 saturated carbocycles. The molecule has 0 bridgehead atoms. The zero-order chi connectivity index (χ0) is 18.7. The van der Waals surface area contributed by atoms with Crippen LogP contribution < -0.4 is 10.6 Å². The number of anilines is 2. The predicted molar refractivity (Wildman–Crippen MR) is 106 cm³/mol. The number of thiazole rings is 1. The van der Waals surface area contributed by atoms with Gasteiger partial charge in [0.05, 0.1) is 5.69 Å². The first-order valence-electron chi connectivity index (χ1n) is 8.14. The monoisotopic (exact) mass is 365 g/mol. The van der Waals surface area contributed by atoms with Gasteiger partial charge in [-0.05, 0) is 49.7 Å². The van der Waals surface area contributed by atoms with Gasteiger partial charge in [-0.1, -0.05) is 17.7 Å². The zero-order valence-electron chi connectivity index (χ0n) is 14.8. The van der Waals surface area contributed by atoms with E-state index < -0.39 is 0 Å². The molecule has 2 amide bonds. The molecule has 2 aromatic carbocycles. The Morgan fingerprint density at radius 2 is 1.73 bits per heavy atom. The number of carbonyl (C=O) groups is 2. The third-order valence-electron chi connectivity index (χ3n) is 3.86. The lowest BCUT2D eigenvalue weighted by atomic mass is 10.0. The summed E-state index contributed by atoms with van der Waals surface area (Å²) in [6, 6.07) is 13.0. The zero-order valence-corrected chi connectivity index (χ0v) is 15.6. The second-order valence-corrected chi connectivity index (χ2v) is 6.93. The topological polar surface area (TPSA) is 71.1 Å². The minimum absolute atomic E-state index is 0.149. The fraction of sp³-hybridized carbons (Fsp3) is 0.150. The van der Waals surface area contributed by atoms with E-state index in [0.717, 1.165) is 16.8 Å². The lowest BCUT2D eigenvalue weighted by Gasteiger charge is -2.05. The summed E-state index contributed by atoms with van der Waals surface area (Å²) in [5.41, 5.74) is 5.40. The van der Waals surface area contributed by atoms with Gasteiger partial charge < -0.3 is 5.32 Å². The van der Waals surface area contributed by atoms with Crippen LogP contribution in [0.4, 0.5) is 10.8 Å². The molecule has 0 spiro atoms. The predicted octanol–water partition coefficient (Wildman–Crippen LogP) is 4.64. The third-order valence-corrected chi connectivity index (χ3v) is 4.62. The molecular weight excluding hydrogens is 346 g/mol. The summed E-state index contributed by atoms with van der Waals surface area (Å²) < 4.78 is 0. The number of hydrogen-bond acceptors (Lipinski definition) is 4. The maximum absolute atomic E-state index is 12.4. The molecule has 0 atom stereocenters. The van der Waals surface area contributed by atoms with E-state index in [1.165, 1.54) is 23.8 Å². The first-order chi connectivity index (χ1) is 12.4. The Balaban J connectivity index is 1.73. The van der Waals surface area contributed by atoms with Crippen molar-refractivity contribution in [1.82, 2.24) is 4.98 Å². The van der Waals surface area contributed by atoms with Gasteiger partial charge in [0.1, 0.15) is 0 Å². The molecule has 3 aromatic rings. The van der Waals surface area contributed by atoms with Crippen molar-refractivity contribution in [3.8, 4) is 11.3 Å². The number of aryl methyl sites for hydroxylation is 2. The summed E-state index contributed by atoms with van der Waals surface area (Å²) in [5, 5.41) is 7.99. The quantitative estimate of drug-likeness (QED) is 0.708. The summed E-state index contributed by atoms with van der Waals surface area (Å²) in [6.07, 6.45) is 0. The Morgan fingerprint density at radius 1 is 1.00 bits per heavy atom. The van der Waals surface area contributed by atoms with Crippen molar-refractivity contribution in [1.29, 1.82) is 0 Å². The smallest absolute Gasteiger partial charge is 0.257 e. The summed E-state index contributed by atoms with van der Waals surface area (Å²) in [4.78, 5) is 28.0. The molecule has 0 fully saturated rings. The van der Waals surface area contributed by atoms with Crippen LogP contribution in [0.1, 0.15) is 28.4 Å². The van der Waals surface area contributed by atoms with E-state index in [0.29, 0.717) is 16.4 Å². The maximum Gasteiger partial charge on any atom is 0.257 e. The average molecular weight is 365 g/mol. The van der Waals surface area contributed by atoms with Crippen LogP contribution >= 0.6 is 11.3 Å². The Hall–Kier alpha value is -2.99. The van der Waals surface area contributed by atoms with Gasteiger partial charge in [-0.2, -0.15) is 0 Å². The van der Waals surface area contributed by atoms with Crippen LogP contribution in [0.5, 0.6) is 0 Å². The third kappa shape index (κ3) is 4.15. The Morgan fingerprint density at radius 3 is 2.42 bits per heavy atom. The van der Waals surface area contributed by atoms with Crippen molar-refractivity contribution in [3.63, 3.8) is 0 Å². The van der Waals surface area contributed by atoms with E-state index in [4.69, 9.17) is 0 Å². The van der Waals surface area contributed by atoms with Gasteiger partial charge in [0, 0.05) is 29.1 Å². The van der Waals surface area contributed by atoms with Crippen LogP contribution in [0.3, 0.4) is 0 Å². The Labute approximate surface area is 156 Å². The van der Waals surface area contributed by atoms with E-state index in [1.807, 2.05) is 19.2 Å². The number of carbonyl (C=O) groups excluding carboxylic acids is 2. The summed E-state index contributed by atoms with van der Waals surface area (Å²) in [6.45, 7) is 5.53. The molecule has 2 N–H and O–H groups in total. The van der Waals surface area contributed by atoms with Crippen LogP contribution in [0.15, 0.2) is 47.8 Å². The Bertz CT molecular complexity index is 961. The fourth-order valence-corrected chi connectivity index (χ4v) is 3.25. The molecule has 26 heavy (non-hydrogen) atoms. The lowest BCUT2D eigenvalue weighted by molar-refractivity contribution is -0.114. The maximum atomic E-state index is 12.4. The van der Waals surface area contributed by atoms with Crippen molar-refractivity contribution >= 4 is 34.0 Å². The lowest BCUT2D eigenvalue weighted by Crippen LogP contribution is -2.12. The standard InChI is InChI=1S/C20H19N3O2S/c1-12-4-5-13(2)17(10-12)18-11-26-20(22-18)23-19(25)15-6-8-16(9-7-15)21-14(3)24/h4-11H,1-3H3,(H,21,24)(H,22,23,25). The fourth-order valence-electron chi connectivity index (χ4n) is 2.54. The molecule has 0 aliphatic rings. The highest BCUT2D eigenvalue weighted by Gasteiger charge is 2.11. The highest BCUT2D eigenvalue weighted by atomic mass is 32.1. The number of rotatable bonds is 4. The number of hydrogen-bond donors (Lipinski definition) is 2. The highest BCUT2D eigenvalue weighted by Crippen LogP contribution is 2.28. The summed E-state index contributed by atoms with van der Waals surface area (Å²) in [7, 11) is 0. The van der Waals surface area contributed by atoms with Gasteiger partial charge >= 0.3 is 0 Å². The van der Waals surface area contributed by atoms with E-state index in [9.17, 15) is 9.59 Å². The molecule has 5 nitrogen and oxygen atoms in total. The van der Waals surface area contributed by atoms with Gasteiger partial charge in [-0.3, -0.25) is 14.9 Å². The first kappa shape index (κ1) is 17.8. The van der Waals surface area contributed by atoms with E-state index in [-0.39, 0.29) is 11.8 Å². The molecule has 0 aliphatic heterocycles. The summed E-state index contributed by atoms with van der Waals surface area (Å²) in [5.74, 6) is -0.384. The van der Waals surface area contributed by atoms with E-state index in [1.54, 1.807) is 24.3 Å². The molecule has 6 heteroatoms. The number of nitrogens with one attached hydrogen (secondary N) is 2. The normalized spacial score (nSPS) is 10.4. The minimum atomic E-state index is -0.235. The number of benzene rings is 2. The van der Waals surface area contributed by atoms with Crippen molar-refractivity contribution in [2.45, 2.75) is 20.8 Å². The van der Waals surface area contributed by atoms with Gasteiger partial charge in [0.15, 0.2) is 5.13 Å². The van der Waals surface area contributed by atoms with Gasteiger partial charge in [-0.25, -0.2) is 4.98 Å². The highest BCUT2D eigenvalue weighted by molar-refractivity contribution is 7.14. The molecular formula is C20H19N3O2S. The molecule has 3 rings (SSSR count). The first-order valence-corrected chi connectivity index (χ1v) is 9.02. The van der Waals surface area contributed by atoms with Crippen LogP contribution in [0, 0.1) is 13.8 Å². The van der Waals surface area contributed by atoms with E-state index in [2.05, 4.69) is 33.8 Å². The Kier molecular flexibility index (Phi) is 5.14. The van der Waals surface area contributed by atoms with Gasteiger partial charge in [0.25, 0.3) is 5.91 Å². The molecule has 0 radical (unpaired) electrons. The van der Waals surface area contributed by atoms with Crippen LogP contribution in [0.25, 0.3) is 11.3 Å². The molecule has 1 heterocycles. The van der Waals surface area contributed by atoms with Crippen molar-refractivity contribution in [2.24, 2.45) is 0 Å². The number of nitrogens with zero attached hydrogens (tertiary/aromatic N) is 1. The average Bonchev–Trinajstić information content (AvgIpc) is 3.05.